The standard InChI is InChI=1S/C21H23N3O4/c25-19(11-10-16-6-2-1-3-7-16)23-12-5-13-24(15-14-23)20(26)17-8-4-9-18(22-17)21(27)28/h1-4,6-9H,5,10-15H2,(H,27,28). The minimum atomic E-state index is -1.17. The van der Waals surface area contributed by atoms with Gasteiger partial charge < -0.3 is 14.9 Å². The van der Waals surface area contributed by atoms with Crippen molar-refractivity contribution >= 4 is 17.8 Å². The van der Waals surface area contributed by atoms with Crippen LogP contribution in [0.15, 0.2) is 48.5 Å². The van der Waals surface area contributed by atoms with Crippen LogP contribution in [-0.2, 0) is 11.2 Å². The summed E-state index contributed by atoms with van der Waals surface area (Å²) in [6, 6.07) is 14.3. The summed E-state index contributed by atoms with van der Waals surface area (Å²) < 4.78 is 0. The molecule has 146 valence electrons. The molecule has 1 aliphatic rings. The molecule has 1 aromatic heterocycles. The van der Waals surface area contributed by atoms with Gasteiger partial charge in [0.1, 0.15) is 11.4 Å². The van der Waals surface area contributed by atoms with Crippen LogP contribution in [0.1, 0.15) is 39.4 Å². The van der Waals surface area contributed by atoms with Crippen molar-refractivity contribution in [2.75, 3.05) is 26.2 Å². The van der Waals surface area contributed by atoms with Gasteiger partial charge in [-0.1, -0.05) is 36.4 Å². The molecule has 0 spiro atoms. The molecule has 7 heteroatoms. The highest BCUT2D eigenvalue weighted by atomic mass is 16.4. The maximum Gasteiger partial charge on any atom is 0.354 e. The van der Waals surface area contributed by atoms with Gasteiger partial charge in [-0.25, -0.2) is 9.78 Å². The van der Waals surface area contributed by atoms with Crippen molar-refractivity contribution in [3.63, 3.8) is 0 Å². The van der Waals surface area contributed by atoms with Gasteiger partial charge in [0.2, 0.25) is 5.91 Å². The zero-order valence-electron chi connectivity index (χ0n) is 15.6. The Morgan fingerprint density at radius 3 is 2.29 bits per heavy atom. The molecule has 7 nitrogen and oxygen atoms in total. The number of hydrogen-bond acceptors (Lipinski definition) is 4. The minimum Gasteiger partial charge on any atom is -0.477 e. The number of hydrogen-bond donors (Lipinski definition) is 1. The lowest BCUT2D eigenvalue weighted by Crippen LogP contribution is -2.37. The highest BCUT2D eigenvalue weighted by molar-refractivity contribution is 5.94. The predicted molar refractivity (Wildman–Crippen MR) is 103 cm³/mol. The summed E-state index contributed by atoms with van der Waals surface area (Å²) in [5.41, 5.74) is 1.09. The molecule has 0 saturated carbocycles. The Kier molecular flexibility index (Phi) is 6.37. The molecule has 0 bridgehead atoms. The second kappa shape index (κ2) is 9.12. The second-order valence-electron chi connectivity index (χ2n) is 6.73. The van der Waals surface area contributed by atoms with Gasteiger partial charge in [0.15, 0.2) is 0 Å². The quantitative estimate of drug-likeness (QED) is 0.856. The first-order valence-corrected chi connectivity index (χ1v) is 9.36. The molecule has 1 aliphatic heterocycles. The molecular weight excluding hydrogens is 358 g/mol. The van der Waals surface area contributed by atoms with Gasteiger partial charge in [-0.3, -0.25) is 9.59 Å². The third-order valence-corrected chi connectivity index (χ3v) is 4.79. The summed E-state index contributed by atoms with van der Waals surface area (Å²) in [5.74, 6) is -1.38. The summed E-state index contributed by atoms with van der Waals surface area (Å²) in [6.45, 7) is 2.01. The first kappa shape index (κ1) is 19.5. The Hall–Kier alpha value is -3.22. The fraction of sp³-hybridized carbons (Fsp3) is 0.333. The first-order valence-electron chi connectivity index (χ1n) is 9.36. The van der Waals surface area contributed by atoms with Crippen LogP contribution in [0.2, 0.25) is 0 Å². The van der Waals surface area contributed by atoms with Gasteiger partial charge in [-0.15, -0.1) is 0 Å². The molecule has 2 heterocycles. The van der Waals surface area contributed by atoms with Crippen molar-refractivity contribution < 1.29 is 19.5 Å². The Morgan fingerprint density at radius 2 is 1.54 bits per heavy atom. The molecule has 28 heavy (non-hydrogen) atoms. The van der Waals surface area contributed by atoms with Crippen LogP contribution in [0.5, 0.6) is 0 Å². The van der Waals surface area contributed by atoms with Crippen molar-refractivity contribution in [1.82, 2.24) is 14.8 Å². The van der Waals surface area contributed by atoms with Crippen LogP contribution in [0.3, 0.4) is 0 Å². The van der Waals surface area contributed by atoms with E-state index in [0.717, 1.165) is 5.56 Å². The number of benzene rings is 1. The normalized spacial score (nSPS) is 14.4. The molecule has 2 aromatic rings. The van der Waals surface area contributed by atoms with E-state index >= 15 is 0 Å². The molecule has 1 fully saturated rings. The molecule has 1 N–H and O–H groups in total. The number of aryl methyl sites for hydroxylation is 1. The number of carboxylic acids is 1. The van der Waals surface area contributed by atoms with Crippen LogP contribution in [0, 0.1) is 0 Å². The number of aromatic nitrogens is 1. The monoisotopic (exact) mass is 381 g/mol. The van der Waals surface area contributed by atoms with E-state index in [4.69, 9.17) is 5.11 Å². The zero-order chi connectivity index (χ0) is 19.9. The summed E-state index contributed by atoms with van der Waals surface area (Å²) in [4.78, 5) is 43.6. The van der Waals surface area contributed by atoms with Crippen LogP contribution in [-0.4, -0.2) is 63.9 Å². The SMILES string of the molecule is O=C(O)c1cccc(C(=O)N2CCCN(C(=O)CCc3ccccc3)CC2)n1. The van der Waals surface area contributed by atoms with Crippen molar-refractivity contribution in [2.45, 2.75) is 19.3 Å². The molecule has 1 aromatic carbocycles. The molecule has 0 atom stereocenters. The van der Waals surface area contributed by atoms with E-state index < -0.39 is 5.97 Å². The van der Waals surface area contributed by atoms with E-state index in [1.807, 2.05) is 30.3 Å². The second-order valence-corrected chi connectivity index (χ2v) is 6.73. The number of nitrogens with zero attached hydrogens (tertiary/aromatic N) is 3. The van der Waals surface area contributed by atoms with Gasteiger partial charge in [-0.05, 0) is 30.5 Å². The van der Waals surface area contributed by atoms with Crippen molar-refractivity contribution in [2.24, 2.45) is 0 Å². The highest BCUT2D eigenvalue weighted by Gasteiger charge is 2.24. The van der Waals surface area contributed by atoms with Crippen LogP contribution >= 0.6 is 0 Å². The highest BCUT2D eigenvalue weighted by Crippen LogP contribution is 2.11. The third-order valence-electron chi connectivity index (χ3n) is 4.79. The summed E-state index contributed by atoms with van der Waals surface area (Å²) in [5, 5.41) is 9.04. The molecule has 0 aliphatic carbocycles. The lowest BCUT2D eigenvalue weighted by atomic mass is 10.1. The topological polar surface area (TPSA) is 90.8 Å². The Labute approximate surface area is 163 Å². The number of carbonyl (C=O) groups is 3. The molecule has 0 unspecified atom stereocenters. The number of pyridine rings is 1. The number of carbonyl (C=O) groups excluding carboxylic acids is 2. The molecule has 1 saturated heterocycles. The molecule has 2 amide bonds. The van der Waals surface area contributed by atoms with Crippen molar-refractivity contribution in [1.29, 1.82) is 0 Å². The molecule has 3 rings (SSSR count). The average molecular weight is 381 g/mol. The summed E-state index contributed by atoms with van der Waals surface area (Å²) >= 11 is 0. The number of carboxylic acid groups (broad SMARTS) is 1. The van der Waals surface area contributed by atoms with E-state index in [2.05, 4.69) is 4.98 Å². The maximum atomic E-state index is 12.7. The molecular formula is C21H23N3O4. The van der Waals surface area contributed by atoms with E-state index in [1.165, 1.54) is 18.2 Å². The third kappa shape index (κ3) is 4.94. The lowest BCUT2D eigenvalue weighted by Gasteiger charge is -2.22. The smallest absolute Gasteiger partial charge is 0.354 e. The fourth-order valence-electron chi connectivity index (χ4n) is 3.26. The van der Waals surface area contributed by atoms with Crippen LogP contribution in [0.4, 0.5) is 0 Å². The fourth-order valence-corrected chi connectivity index (χ4v) is 3.26. The number of amides is 2. The average Bonchev–Trinajstić information content (AvgIpc) is 2.98. The largest absolute Gasteiger partial charge is 0.477 e. The van der Waals surface area contributed by atoms with Gasteiger partial charge in [0.25, 0.3) is 5.91 Å². The van der Waals surface area contributed by atoms with Gasteiger partial charge in [0.05, 0.1) is 0 Å². The van der Waals surface area contributed by atoms with Crippen LogP contribution in [0.25, 0.3) is 0 Å². The summed E-state index contributed by atoms with van der Waals surface area (Å²) in [6.07, 6.45) is 1.83. The number of aromatic carboxylic acids is 1. The number of rotatable bonds is 5. The first-order chi connectivity index (χ1) is 13.5. The van der Waals surface area contributed by atoms with Gasteiger partial charge in [-0.2, -0.15) is 0 Å². The van der Waals surface area contributed by atoms with Crippen LogP contribution < -0.4 is 0 Å². The van der Waals surface area contributed by atoms with Crippen molar-refractivity contribution in [3.8, 4) is 0 Å². The lowest BCUT2D eigenvalue weighted by molar-refractivity contribution is -0.131. The van der Waals surface area contributed by atoms with Gasteiger partial charge >= 0.3 is 5.97 Å². The van der Waals surface area contributed by atoms with E-state index in [-0.39, 0.29) is 23.2 Å². The Balaban J connectivity index is 1.57. The van der Waals surface area contributed by atoms with E-state index in [1.54, 1.807) is 9.80 Å². The summed E-state index contributed by atoms with van der Waals surface area (Å²) in [7, 11) is 0. The Bertz CT molecular complexity index is 854. The Morgan fingerprint density at radius 1 is 0.857 bits per heavy atom. The minimum absolute atomic E-state index is 0.0872. The predicted octanol–water partition coefficient (Wildman–Crippen LogP) is 2.09. The van der Waals surface area contributed by atoms with Crippen molar-refractivity contribution in [3.05, 3.63) is 65.5 Å². The van der Waals surface area contributed by atoms with E-state index in [9.17, 15) is 14.4 Å². The van der Waals surface area contributed by atoms with E-state index in [0.29, 0.717) is 45.4 Å². The molecule has 0 radical (unpaired) electrons. The van der Waals surface area contributed by atoms with Gasteiger partial charge in [0, 0.05) is 32.6 Å². The maximum absolute atomic E-state index is 12.7. The zero-order valence-corrected chi connectivity index (χ0v) is 15.6.